The lowest BCUT2D eigenvalue weighted by atomic mass is 10.2. The van der Waals surface area contributed by atoms with Crippen LogP contribution >= 0.6 is 0 Å². The Morgan fingerprint density at radius 3 is 2.84 bits per heavy atom. The van der Waals surface area contributed by atoms with Crippen molar-refractivity contribution in [3.05, 3.63) is 34.2 Å². The molecule has 19 heavy (non-hydrogen) atoms. The zero-order chi connectivity index (χ0) is 14.0. The Bertz CT molecular complexity index is 654. The molecule has 0 fully saturated rings. The van der Waals surface area contributed by atoms with Gasteiger partial charge in [0, 0.05) is 0 Å². The number of nitrogens with one attached hydrogen (secondary N) is 1. The van der Waals surface area contributed by atoms with Gasteiger partial charge in [0.15, 0.2) is 0 Å². The lowest BCUT2D eigenvalue weighted by Crippen LogP contribution is -2.20. The van der Waals surface area contributed by atoms with Gasteiger partial charge in [-0.2, -0.15) is 0 Å². The first-order valence-electron chi connectivity index (χ1n) is 6.06. The van der Waals surface area contributed by atoms with Crippen molar-refractivity contribution >= 4 is 17.0 Å². The van der Waals surface area contributed by atoms with E-state index in [2.05, 4.69) is 4.98 Å². The Morgan fingerprint density at radius 2 is 2.21 bits per heavy atom. The highest BCUT2D eigenvalue weighted by Crippen LogP contribution is 2.13. The minimum Gasteiger partial charge on any atom is -0.478 e. The number of carbonyl (C=O) groups is 1. The third-order valence-corrected chi connectivity index (χ3v) is 2.79. The van der Waals surface area contributed by atoms with E-state index in [-0.39, 0.29) is 17.4 Å². The fourth-order valence-corrected chi connectivity index (χ4v) is 1.89. The van der Waals surface area contributed by atoms with Gasteiger partial charge in [0.05, 0.1) is 35.9 Å². The molecule has 2 aromatic rings. The number of carboxylic acid groups (broad SMARTS) is 1. The maximum absolute atomic E-state index is 11.8. The maximum atomic E-state index is 11.8. The predicted octanol–water partition coefficient (Wildman–Crippen LogP) is 1.45. The van der Waals surface area contributed by atoms with Gasteiger partial charge in [-0.1, -0.05) is 0 Å². The normalized spacial score (nSPS) is 11.3. The van der Waals surface area contributed by atoms with E-state index in [1.165, 1.54) is 16.7 Å². The predicted molar refractivity (Wildman–Crippen MR) is 70.6 cm³/mol. The second kappa shape index (κ2) is 5.27. The van der Waals surface area contributed by atoms with E-state index in [1.807, 2.05) is 13.8 Å². The first kappa shape index (κ1) is 13.4. The minimum atomic E-state index is -1.01. The van der Waals surface area contributed by atoms with Crippen LogP contribution in [-0.4, -0.2) is 33.3 Å². The molecule has 0 atom stereocenters. The lowest BCUT2D eigenvalue weighted by Gasteiger charge is -2.08. The summed E-state index contributed by atoms with van der Waals surface area (Å²) in [6.45, 7) is 4.63. The highest BCUT2D eigenvalue weighted by molar-refractivity contribution is 5.92. The quantitative estimate of drug-likeness (QED) is 0.856. The first-order chi connectivity index (χ1) is 8.99. The zero-order valence-electron chi connectivity index (χ0n) is 10.8. The van der Waals surface area contributed by atoms with Crippen molar-refractivity contribution in [2.24, 2.45) is 0 Å². The van der Waals surface area contributed by atoms with E-state index < -0.39 is 5.97 Å². The summed E-state index contributed by atoms with van der Waals surface area (Å²) in [6.07, 6.45) is 0.0930. The van der Waals surface area contributed by atoms with Crippen LogP contribution in [0.2, 0.25) is 0 Å². The summed E-state index contributed by atoms with van der Waals surface area (Å²) in [6, 6.07) is 4.56. The van der Waals surface area contributed by atoms with Crippen LogP contribution in [0.3, 0.4) is 0 Å². The number of rotatable bonds is 5. The summed E-state index contributed by atoms with van der Waals surface area (Å²) in [4.78, 5) is 25.4. The molecule has 0 aliphatic heterocycles. The molecule has 6 nitrogen and oxygen atoms in total. The van der Waals surface area contributed by atoms with Gasteiger partial charge in [-0.25, -0.2) is 9.59 Å². The van der Waals surface area contributed by atoms with Gasteiger partial charge < -0.3 is 14.8 Å². The Kier molecular flexibility index (Phi) is 3.71. The number of aromatic nitrogens is 2. The van der Waals surface area contributed by atoms with Gasteiger partial charge in [0.2, 0.25) is 0 Å². The summed E-state index contributed by atoms with van der Waals surface area (Å²) in [5, 5.41) is 8.97. The third kappa shape index (κ3) is 2.85. The molecule has 1 heterocycles. The molecule has 0 saturated carbocycles. The molecule has 0 bridgehead atoms. The van der Waals surface area contributed by atoms with E-state index in [0.29, 0.717) is 24.2 Å². The summed E-state index contributed by atoms with van der Waals surface area (Å²) in [7, 11) is 0. The monoisotopic (exact) mass is 264 g/mol. The second-order valence-corrected chi connectivity index (χ2v) is 4.54. The molecule has 0 radical (unpaired) electrons. The van der Waals surface area contributed by atoms with Gasteiger partial charge in [-0.15, -0.1) is 0 Å². The van der Waals surface area contributed by atoms with Gasteiger partial charge in [0.1, 0.15) is 0 Å². The SMILES string of the molecule is CC(C)OCCn1c(=O)[nH]c2ccc(C(=O)O)cc21. The molecule has 0 saturated heterocycles. The van der Waals surface area contributed by atoms with Crippen LogP contribution in [-0.2, 0) is 11.3 Å². The number of benzene rings is 1. The van der Waals surface area contributed by atoms with Crippen LogP contribution in [0.1, 0.15) is 24.2 Å². The summed E-state index contributed by atoms with van der Waals surface area (Å²) in [5.41, 5.74) is 1.10. The molecule has 0 aliphatic carbocycles. The van der Waals surface area contributed by atoms with Gasteiger partial charge in [-0.05, 0) is 32.0 Å². The van der Waals surface area contributed by atoms with Crippen molar-refractivity contribution in [2.75, 3.05) is 6.61 Å². The number of hydrogen-bond acceptors (Lipinski definition) is 3. The largest absolute Gasteiger partial charge is 0.478 e. The van der Waals surface area contributed by atoms with Crippen molar-refractivity contribution in [1.82, 2.24) is 9.55 Å². The molecule has 0 unspecified atom stereocenters. The standard InChI is InChI=1S/C13H16N2O4/c1-8(2)19-6-5-15-11-7-9(12(16)17)3-4-10(11)14-13(15)18/h3-4,7-8H,5-6H2,1-2H3,(H,14,18)(H,16,17). The molecule has 6 heteroatoms. The van der Waals surface area contributed by atoms with Crippen LogP contribution in [0.25, 0.3) is 11.0 Å². The minimum absolute atomic E-state index is 0.0930. The molecule has 1 aromatic heterocycles. The number of aromatic carboxylic acids is 1. The first-order valence-corrected chi connectivity index (χ1v) is 6.06. The Morgan fingerprint density at radius 1 is 1.47 bits per heavy atom. The summed E-state index contributed by atoms with van der Waals surface area (Å²) < 4.78 is 6.90. The van der Waals surface area contributed by atoms with Crippen molar-refractivity contribution in [1.29, 1.82) is 0 Å². The van der Waals surface area contributed by atoms with Gasteiger partial charge >= 0.3 is 11.7 Å². The molecule has 1 aromatic carbocycles. The molecule has 2 N–H and O–H groups in total. The molecule has 0 spiro atoms. The Balaban J connectivity index is 2.36. The number of hydrogen-bond donors (Lipinski definition) is 2. The van der Waals surface area contributed by atoms with E-state index in [0.717, 1.165) is 0 Å². The molecule has 102 valence electrons. The number of H-pyrrole nitrogens is 1. The van der Waals surface area contributed by atoms with Crippen molar-refractivity contribution in [3.8, 4) is 0 Å². The smallest absolute Gasteiger partial charge is 0.335 e. The zero-order valence-corrected chi connectivity index (χ0v) is 10.8. The van der Waals surface area contributed by atoms with Crippen LogP contribution in [0, 0.1) is 0 Å². The molecular formula is C13H16N2O4. The van der Waals surface area contributed by atoms with Crippen LogP contribution in [0.5, 0.6) is 0 Å². The number of ether oxygens (including phenoxy) is 1. The molecule has 0 amide bonds. The van der Waals surface area contributed by atoms with Crippen molar-refractivity contribution in [2.45, 2.75) is 26.5 Å². The Hall–Kier alpha value is -2.08. The van der Waals surface area contributed by atoms with E-state index in [1.54, 1.807) is 6.07 Å². The number of fused-ring (bicyclic) bond motifs is 1. The molecule has 2 rings (SSSR count). The van der Waals surface area contributed by atoms with E-state index in [4.69, 9.17) is 9.84 Å². The maximum Gasteiger partial charge on any atom is 0.335 e. The second-order valence-electron chi connectivity index (χ2n) is 4.54. The van der Waals surface area contributed by atoms with E-state index >= 15 is 0 Å². The van der Waals surface area contributed by atoms with Crippen molar-refractivity contribution < 1.29 is 14.6 Å². The number of carboxylic acids is 1. The highest BCUT2D eigenvalue weighted by atomic mass is 16.5. The summed E-state index contributed by atoms with van der Waals surface area (Å²) >= 11 is 0. The van der Waals surface area contributed by atoms with Gasteiger partial charge in [-0.3, -0.25) is 4.57 Å². The van der Waals surface area contributed by atoms with E-state index in [9.17, 15) is 9.59 Å². The Labute approximate surface area is 109 Å². The highest BCUT2D eigenvalue weighted by Gasteiger charge is 2.10. The average Bonchev–Trinajstić information content (AvgIpc) is 2.64. The third-order valence-electron chi connectivity index (χ3n) is 2.79. The number of imidazole rings is 1. The molecular weight excluding hydrogens is 248 g/mol. The fourth-order valence-electron chi connectivity index (χ4n) is 1.89. The average molecular weight is 264 g/mol. The number of aromatic amines is 1. The summed E-state index contributed by atoms with van der Waals surface area (Å²) in [5.74, 6) is -1.01. The number of nitrogens with zero attached hydrogens (tertiary/aromatic N) is 1. The van der Waals surface area contributed by atoms with Crippen molar-refractivity contribution in [3.63, 3.8) is 0 Å². The topological polar surface area (TPSA) is 84.3 Å². The van der Waals surface area contributed by atoms with Crippen LogP contribution in [0.15, 0.2) is 23.0 Å². The lowest BCUT2D eigenvalue weighted by molar-refractivity contribution is 0.0697. The van der Waals surface area contributed by atoms with Gasteiger partial charge in [0.25, 0.3) is 0 Å². The van der Waals surface area contributed by atoms with Crippen LogP contribution < -0.4 is 5.69 Å². The van der Waals surface area contributed by atoms with Crippen LogP contribution in [0.4, 0.5) is 0 Å². The fraction of sp³-hybridized carbons (Fsp3) is 0.385. The molecule has 0 aliphatic rings.